The molecular weight excluding hydrogens is 472 g/mol. The molecule has 0 atom stereocenters. The molecule has 186 valence electrons. The Bertz CT molecular complexity index is 1590. The number of fused-ring (bicyclic) bond motifs is 2. The maximum atomic E-state index is 13.4. The molecule has 0 aliphatic carbocycles. The Balaban J connectivity index is 1.43. The van der Waals surface area contributed by atoms with E-state index in [0.717, 1.165) is 0 Å². The SMILES string of the molecule is COc1ccc(N)c(C(=N)CCn2c(CCN3C(=O)c4ccccc4C3=O)nc3ncccc3c2=O)c1. The van der Waals surface area contributed by atoms with Gasteiger partial charge in [-0.15, -0.1) is 0 Å². The van der Waals surface area contributed by atoms with Gasteiger partial charge in [-0.3, -0.25) is 23.9 Å². The van der Waals surface area contributed by atoms with Crippen LogP contribution in [0.3, 0.4) is 0 Å². The van der Waals surface area contributed by atoms with Gasteiger partial charge in [-0.2, -0.15) is 0 Å². The highest BCUT2D eigenvalue weighted by atomic mass is 16.5. The summed E-state index contributed by atoms with van der Waals surface area (Å²) in [5, 5.41) is 8.93. The highest BCUT2D eigenvalue weighted by molar-refractivity contribution is 6.21. The number of pyridine rings is 1. The van der Waals surface area contributed by atoms with Gasteiger partial charge in [0.15, 0.2) is 5.65 Å². The van der Waals surface area contributed by atoms with Crippen molar-refractivity contribution in [3.63, 3.8) is 0 Å². The van der Waals surface area contributed by atoms with E-state index < -0.39 is 0 Å². The van der Waals surface area contributed by atoms with E-state index >= 15 is 0 Å². The van der Waals surface area contributed by atoms with Crippen molar-refractivity contribution in [2.75, 3.05) is 19.4 Å². The molecule has 3 heterocycles. The molecule has 0 saturated heterocycles. The molecule has 1 aliphatic rings. The van der Waals surface area contributed by atoms with Gasteiger partial charge in [0.25, 0.3) is 17.4 Å². The molecule has 0 spiro atoms. The van der Waals surface area contributed by atoms with Crippen LogP contribution >= 0.6 is 0 Å². The van der Waals surface area contributed by atoms with Crippen LogP contribution in [0.5, 0.6) is 5.75 Å². The van der Waals surface area contributed by atoms with Gasteiger partial charge in [-0.1, -0.05) is 12.1 Å². The second-order valence-corrected chi connectivity index (χ2v) is 8.60. The molecule has 10 nitrogen and oxygen atoms in total. The highest BCUT2D eigenvalue weighted by Crippen LogP contribution is 2.23. The van der Waals surface area contributed by atoms with E-state index in [-0.39, 0.29) is 54.7 Å². The van der Waals surface area contributed by atoms with Gasteiger partial charge in [0.05, 0.1) is 23.6 Å². The third-order valence-electron chi connectivity index (χ3n) is 6.42. The van der Waals surface area contributed by atoms with Gasteiger partial charge >= 0.3 is 0 Å². The molecular formula is C27H24N6O4. The third-order valence-corrected chi connectivity index (χ3v) is 6.42. The predicted octanol–water partition coefficient (Wildman–Crippen LogP) is 2.68. The molecule has 3 N–H and O–H groups in total. The summed E-state index contributed by atoms with van der Waals surface area (Å²) >= 11 is 0. The van der Waals surface area contributed by atoms with Crippen LogP contribution in [0.25, 0.3) is 11.0 Å². The molecule has 10 heteroatoms. The number of nitrogens with one attached hydrogen (secondary N) is 1. The number of carbonyl (C=O) groups excluding carboxylic acids is 2. The summed E-state index contributed by atoms with van der Waals surface area (Å²) in [5.74, 6) is 0.206. The number of aromatic nitrogens is 3. The zero-order chi connectivity index (χ0) is 26.1. The molecule has 2 aromatic heterocycles. The van der Waals surface area contributed by atoms with Crippen molar-refractivity contribution in [3.8, 4) is 5.75 Å². The number of ether oxygens (including phenoxy) is 1. The minimum absolute atomic E-state index is 0.0530. The Labute approximate surface area is 211 Å². The van der Waals surface area contributed by atoms with Crippen LogP contribution in [0.1, 0.15) is 38.5 Å². The lowest BCUT2D eigenvalue weighted by Gasteiger charge is -2.17. The minimum atomic E-state index is -0.372. The van der Waals surface area contributed by atoms with Crippen LogP contribution in [0.4, 0.5) is 5.69 Å². The van der Waals surface area contributed by atoms with Crippen LogP contribution in [0, 0.1) is 5.41 Å². The summed E-state index contributed by atoms with van der Waals surface area (Å²) in [4.78, 5) is 49.0. The van der Waals surface area contributed by atoms with Crippen LogP contribution in [0.2, 0.25) is 0 Å². The molecule has 37 heavy (non-hydrogen) atoms. The monoisotopic (exact) mass is 496 g/mol. The first-order valence-electron chi connectivity index (χ1n) is 11.7. The van der Waals surface area contributed by atoms with E-state index in [2.05, 4.69) is 9.97 Å². The van der Waals surface area contributed by atoms with Crippen molar-refractivity contribution in [3.05, 3.63) is 93.7 Å². The average molecular weight is 497 g/mol. The third kappa shape index (κ3) is 4.33. The van der Waals surface area contributed by atoms with Gasteiger partial charge in [0, 0.05) is 49.1 Å². The van der Waals surface area contributed by atoms with Gasteiger partial charge in [0.2, 0.25) is 0 Å². The van der Waals surface area contributed by atoms with E-state index in [1.165, 1.54) is 16.6 Å². The second kappa shape index (κ2) is 9.65. The lowest BCUT2D eigenvalue weighted by atomic mass is 10.0. The Morgan fingerprint density at radius 3 is 2.43 bits per heavy atom. The smallest absolute Gasteiger partial charge is 0.263 e. The number of carbonyl (C=O) groups is 2. The largest absolute Gasteiger partial charge is 0.497 e. The van der Waals surface area contributed by atoms with Crippen molar-refractivity contribution >= 4 is 34.2 Å². The van der Waals surface area contributed by atoms with E-state index in [9.17, 15) is 14.4 Å². The van der Waals surface area contributed by atoms with Crippen LogP contribution in [-0.2, 0) is 13.0 Å². The number of imide groups is 1. The molecule has 0 unspecified atom stereocenters. The Kier molecular flexibility index (Phi) is 6.22. The summed E-state index contributed by atoms with van der Waals surface area (Å²) < 4.78 is 6.73. The fourth-order valence-corrected chi connectivity index (χ4v) is 4.46. The molecule has 1 aliphatic heterocycles. The fourth-order valence-electron chi connectivity index (χ4n) is 4.46. The quantitative estimate of drug-likeness (QED) is 0.217. The Hall–Kier alpha value is -4.86. The van der Waals surface area contributed by atoms with E-state index in [1.54, 1.807) is 60.8 Å². The van der Waals surface area contributed by atoms with E-state index in [1.807, 2.05) is 0 Å². The van der Waals surface area contributed by atoms with Crippen molar-refractivity contribution in [1.82, 2.24) is 19.4 Å². The van der Waals surface area contributed by atoms with E-state index in [4.69, 9.17) is 15.9 Å². The maximum Gasteiger partial charge on any atom is 0.263 e. The Morgan fingerprint density at radius 1 is 1.00 bits per heavy atom. The molecule has 0 saturated carbocycles. The Morgan fingerprint density at radius 2 is 1.73 bits per heavy atom. The summed E-state index contributed by atoms with van der Waals surface area (Å²) in [6, 6.07) is 15.1. The lowest BCUT2D eigenvalue weighted by molar-refractivity contribution is 0.0655. The molecule has 0 fully saturated rings. The average Bonchev–Trinajstić information content (AvgIpc) is 3.16. The van der Waals surface area contributed by atoms with Crippen molar-refractivity contribution < 1.29 is 14.3 Å². The summed E-state index contributed by atoms with van der Waals surface area (Å²) in [6.07, 6.45) is 1.90. The second-order valence-electron chi connectivity index (χ2n) is 8.60. The van der Waals surface area contributed by atoms with Crippen LogP contribution in [-0.4, -0.2) is 50.6 Å². The molecule has 4 aromatic rings. The van der Waals surface area contributed by atoms with E-state index in [0.29, 0.717) is 39.3 Å². The van der Waals surface area contributed by atoms with Gasteiger partial charge < -0.3 is 15.9 Å². The van der Waals surface area contributed by atoms with Crippen LogP contribution < -0.4 is 16.0 Å². The summed E-state index contributed by atoms with van der Waals surface area (Å²) in [5.41, 5.74) is 7.98. The number of hydrogen-bond donors (Lipinski definition) is 2. The molecule has 0 bridgehead atoms. The van der Waals surface area contributed by atoms with Gasteiger partial charge in [-0.25, -0.2) is 9.97 Å². The first-order chi connectivity index (χ1) is 17.9. The van der Waals surface area contributed by atoms with Gasteiger partial charge in [-0.05, 0) is 42.5 Å². The molecule has 2 amide bonds. The minimum Gasteiger partial charge on any atom is -0.497 e. The molecule has 5 rings (SSSR count). The first-order valence-corrected chi connectivity index (χ1v) is 11.7. The first kappa shape index (κ1) is 23.9. The number of rotatable bonds is 8. The number of amides is 2. The van der Waals surface area contributed by atoms with Crippen LogP contribution in [0.15, 0.2) is 65.6 Å². The molecule has 0 radical (unpaired) electrons. The number of nitrogens with two attached hydrogens (primary N) is 1. The lowest BCUT2D eigenvalue weighted by Crippen LogP contribution is -2.34. The normalized spacial score (nSPS) is 12.7. The number of benzene rings is 2. The fraction of sp³-hybridized carbons (Fsp3) is 0.185. The summed E-state index contributed by atoms with van der Waals surface area (Å²) in [6.45, 7) is 0.209. The maximum absolute atomic E-state index is 13.4. The van der Waals surface area contributed by atoms with Gasteiger partial charge in [0.1, 0.15) is 11.6 Å². The predicted molar refractivity (Wildman–Crippen MR) is 138 cm³/mol. The molecule has 2 aromatic carbocycles. The van der Waals surface area contributed by atoms with Crippen molar-refractivity contribution in [2.45, 2.75) is 19.4 Å². The topological polar surface area (TPSA) is 144 Å². The number of methoxy groups -OCH3 is 1. The summed E-state index contributed by atoms with van der Waals surface area (Å²) in [7, 11) is 1.54. The number of nitrogen functional groups attached to an aromatic ring is 1. The standard InChI is InChI=1S/C27H24N6O4/c1-37-16-8-9-21(28)20(15-16)22(29)10-13-32-23(31-24-19(27(32)36)7-4-12-30-24)11-14-33-25(34)17-5-2-3-6-18(17)26(33)35/h2-9,12,15,29H,10-11,13-14,28H2,1H3. The van der Waals surface area contributed by atoms with Crippen molar-refractivity contribution in [1.29, 1.82) is 5.41 Å². The van der Waals surface area contributed by atoms with Crippen molar-refractivity contribution in [2.24, 2.45) is 0 Å². The highest BCUT2D eigenvalue weighted by Gasteiger charge is 2.35. The zero-order valence-electron chi connectivity index (χ0n) is 20.1. The number of nitrogens with zero attached hydrogens (tertiary/aromatic N) is 4. The number of anilines is 1. The number of hydrogen-bond acceptors (Lipinski definition) is 8. The zero-order valence-corrected chi connectivity index (χ0v) is 20.1.